The van der Waals surface area contributed by atoms with Crippen molar-refractivity contribution in [1.82, 2.24) is 4.57 Å². The molecule has 2 aromatic carbocycles. The molecule has 1 aromatic heterocycles. The maximum atomic E-state index is 12.9. The third kappa shape index (κ3) is 4.71. The van der Waals surface area contributed by atoms with Crippen LogP contribution in [0.15, 0.2) is 71.9 Å². The number of ether oxygens (including phenoxy) is 2. The molecule has 3 aromatic rings. The van der Waals surface area contributed by atoms with E-state index in [1.54, 1.807) is 32.4 Å². The lowest BCUT2D eigenvalue weighted by Crippen LogP contribution is -2.20. The first-order chi connectivity index (χ1) is 14.6. The maximum absolute atomic E-state index is 12.9. The van der Waals surface area contributed by atoms with E-state index in [0.717, 1.165) is 23.3 Å². The number of para-hydroxylation sites is 1. The van der Waals surface area contributed by atoms with Crippen molar-refractivity contribution >= 4 is 11.6 Å². The lowest BCUT2D eigenvalue weighted by atomic mass is 10.1. The number of anilines is 1. The third-order valence-corrected chi connectivity index (χ3v) is 4.89. The fourth-order valence-corrected chi connectivity index (χ4v) is 3.27. The van der Waals surface area contributed by atoms with Crippen molar-refractivity contribution in [2.24, 2.45) is 4.99 Å². The number of pyridine rings is 1. The third-order valence-electron chi connectivity index (χ3n) is 4.89. The molecule has 0 aliphatic rings. The van der Waals surface area contributed by atoms with Crippen LogP contribution in [0.5, 0.6) is 11.5 Å². The van der Waals surface area contributed by atoms with Crippen LogP contribution in [0.2, 0.25) is 0 Å². The highest BCUT2D eigenvalue weighted by Crippen LogP contribution is 2.29. The van der Waals surface area contributed by atoms with E-state index in [1.807, 2.05) is 55.6 Å². The highest BCUT2D eigenvalue weighted by Gasteiger charge is 2.15. The Labute approximate surface area is 176 Å². The van der Waals surface area contributed by atoms with Crippen LogP contribution in [0.3, 0.4) is 0 Å². The first-order valence-corrected chi connectivity index (χ1v) is 9.89. The monoisotopic (exact) mass is 405 g/mol. The van der Waals surface area contributed by atoms with E-state index in [9.17, 15) is 4.79 Å². The molecular formula is C24H27N3O3. The van der Waals surface area contributed by atoms with Gasteiger partial charge >= 0.3 is 0 Å². The average molecular weight is 405 g/mol. The van der Waals surface area contributed by atoms with E-state index >= 15 is 0 Å². The number of carbonyl (C=O) groups is 1. The summed E-state index contributed by atoms with van der Waals surface area (Å²) in [7, 11) is 3.11. The SMILES string of the molecule is CCn1ccccc1=NC(C)c1ccccc1NC(=O)c1ccc(OC)c(OC)c1. The van der Waals surface area contributed by atoms with E-state index in [-0.39, 0.29) is 11.9 Å². The van der Waals surface area contributed by atoms with Crippen LogP contribution < -0.4 is 20.3 Å². The molecule has 3 rings (SSSR count). The van der Waals surface area contributed by atoms with Crippen molar-refractivity contribution in [3.63, 3.8) is 0 Å². The molecule has 1 atom stereocenters. The number of aryl methyl sites for hydroxylation is 1. The summed E-state index contributed by atoms with van der Waals surface area (Å²) >= 11 is 0. The van der Waals surface area contributed by atoms with Gasteiger partial charge in [0.15, 0.2) is 11.5 Å². The number of hydrogen-bond donors (Lipinski definition) is 1. The molecule has 0 aliphatic carbocycles. The van der Waals surface area contributed by atoms with Gasteiger partial charge in [-0.1, -0.05) is 24.3 Å². The minimum atomic E-state index is -0.223. The van der Waals surface area contributed by atoms with Gasteiger partial charge in [0.2, 0.25) is 0 Å². The number of amides is 1. The molecule has 1 unspecified atom stereocenters. The van der Waals surface area contributed by atoms with Crippen molar-refractivity contribution in [1.29, 1.82) is 0 Å². The van der Waals surface area contributed by atoms with Crippen LogP contribution in [0, 0.1) is 0 Å². The standard InChI is InChI=1S/C24H27N3O3/c1-5-27-15-9-8-12-23(27)25-17(2)19-10-6-7-11-20(19)26-24(28)18-13-14-21(29-3)22(16-18)30-4/h6-17H,5H2,1-4H3,(H,26,28). The Kier molecular flexibility index (Phi) is 6.91. The Morgan fingerprint density at radius 3 is 2.50 bits per heavy atom. The predicted molar refractivity (Wildman–Crippen MR) is 118 cm³/mol. The number of benzene rings is 2. The van der Waals surface area contributed by atoms with Crippen molar-refractivity contribution in [3.05, 3.63) is 83.5 Å². The zero-order chi connectivity index (χ0) is 21.5. The van der Waals surface area contributed by atoms with E-state index in [0.29, 0.717) is 17.1 Å². The van der Waals surface area contributed by atoms with Gasteiger partial charge in [0.25, 0.3) is 5.91 Å². The molecule has 6 heteroatoms. The fourth-order valence-electron chi connectivity index (χ4n) is 3.27. The van der Waals surface area contributed by atoms with E-state index in [2.05, 4.69) is 16.8 Å². The lowest BCUT2D eigenvalue weighted by Gasteiger charge is -2.15. The van der Waals surface area contributed by atoms with Gasteiger partial charge in [0.05, 0.1) is 20.3 Å². The Bertz CT molecular complexity index is 1090. The van der Waals surface area contributed by atoms with Gasteiger partial charge < -0.3 is 19.4 Å². The number of rotatable bonds is 7. The largest absolute Gasteiger partial charge is 0.493 e. The molecule has 0 fully saturated rings. The minimum Gasteiger partial charge on any atom is -0.493 e. The Morgan fingerprint density at radius 2 is 1.77 bits per heavy atom. The predicted octanol–water partition coefficient (Wildman–Crippen LogP) is 4.44. The smallest absolute Gasteiger partial charge is 0.255 e. The Balaban J connectivity index is 1.89. The van der Waals surface area contributed by atoms with Gasteiger partial charge in [-0.25, -0.2) is 0 Å². The second kappa shape index (κ2) is 9.78. The number of nitrogens with zero attached hydrogens (tertiary/aromatic N) is 2. The van der Waals surface area contributed by atoms with Gasteiger partial charge in [-0.05, 0) is 55.8 Å². The van der Waals surface area contributed by atoms with Crippen LogP contribution in [0.4, 0.5) is 5.69 Å². The van der Waals surface area contributed by atoms with Gasteiger partial charge in [0, 0.05) is 24.0 Å². The molecule has 0 radical (unpaired) electrons. The molecule has 0 saturated carbocycles. The first kappa shape index (κ1) is 21.2. The molecule has 30 heavy (non-hydrogen) atoms. The maximum Gasteiger partial charge on any atom is 0.255 e. The quantitative estimate of drug-likeness (QED) is 0.632. The zero-order valence-corrected chi connectivity index (χ0v) is 17.8. The molecule has 1 N–H and O–H groups in total. The van der Waals surface area contributed by atoms with Crippen LogP contribution >= 0.6 is 0 Å². The van der Waals surface area contributed by atoms with Gasteiger partial charge in [-0.15, -0.1) is 0 Å². The summed E-state index contributed by atoms with van der Waals surface area (Å²) in [6.07, 6.45) is 2.01. The second-order valence-corrected chi connectivity index (χ2v) is 6.76. The summed E-state index contributed by atoms with van der Waals surface area (Å²) in [5.41, 5.74) is 3.05. The topological polar surface area (TPSA) is 64.9 Å². The van der Waals surface area contributed by atoms with Crippen molar-refractivity contribution in [3.8, 4) is 11.5 Å². The summed E-state index contributed by atoms with van der Waals surface area (Å²) < 4.78 is 12.6. The number of methoxy groups -OCH3 is 2. The van der Waals surface area contributed by atoms with E-state index in [4.69, 9.17) is 14.5 Å². The summed E-state index contributed by atoms with van der Waals surface area (Å²) in [6.45, 7) is 4.94. The molecule has 0 spiro atoms. The summed E-state index contributed by atoms with van der Waals surface area (Å²) in [6, 6.07) is 18.6. The number of carbonyl (C=O) groups excluding carboxylic acids is 1. The second-order valence-electron chi connectivity index (χ2n) is 6.76. The van der Waals surface area contributed by atoms with Crippen LogP contribution in [-0.4, -0.2) is 24.7 Å². The molecule has 0 bridgehead atoms. The molecule has 6 nitrogen and oxygen atoms in total. The lowest BCUT2D eigenvalue weighted by molar-refractivity contribution is 0.102. The first-order valence-electron chi connectivity index (χ1n) is 9.89. The minimum absolute atomic E-state index is 0.132. The zero-order valence-electron chi connectivity index (χ0n) is 17.8. The van der Waals surface area contributed by atoms with Crippen molar-refractivity contribution in [2.75, 3.05) is 19.5 Å². The summed E-state index contributed by atoms with van der Waals surface area (Å²) in [5.74, 6) is 0.864. The molecule has 1 heterocycles. The highest BCUT2D eigenvalue weighted by atomic mass is 16.5. The van der Waals surface area contributed by atoms with E-state index in [1.165, 1.54) is 0 Å². The molecular weight excluding hydrogens is 378 g/mol. The Morgan fingerprint density at radius 1 is 1.03 bits per heavy atom. The van der Waals surface area contributed by atoms with Crippen molar-refractivity contribution in [2.45, 2.75) is 26.4 Å². The average Bonchev–Trinajstić information content (AvgIpc) is 2.79. The van der Waals surface area contributed by atoms with Gasteiger partial charge in [-0.2, -0.15) is 0 Å². The number of aromatic nitrogens is 1. The number of nitrogens with one attached hydrogen (secondary N) is 1. The molecule has 156 valence electrons. The van der Waals surface area contributed by atoms with E-state index < -0.39 is 0 Å². The van der Waals surface area contributed by atoms with Gasteiger partial charge in [-0.3, -0.25) is 9.79 Å². The summed E-state index contributed by atoms with van der Waals surface area (Å²) in [5, 5.41) is 3.01. The number of hydrogen-bond acceptors (Lipinski definition) is 4. The fraction of sp³-hybridized carbons (Fsp3) is 0.250. The van der Waals surface area contributed by atoms with Crippen LogP contribution in [0.25, 0.3) is 0 Å². The molecule has 0 aliphatic heterocycles. The van der Waals surface area contributed by atoms with Crippen LogP contribution in [-0.2, 0) is 6.54 Å². The molecule has 0 saturated heterocycles. The molecule has 1 amide bonds. The highest BCUT2D eigenvalue weighted by molar-refractivity contribution is 6.05. The van der Waals surface area contributed by atoms with Crippen LogP contribution in [0.1, 0.15) is 35.8 Å². The Hall–Kier alpha value is -3.54. The van der Waals surface area contributed by atoms with Crippen molar-refractivity contribution < 1.29 is 14.3 Å². The normalized spacial score (nSPS) is 12.3. The van der Waals surface area contributed by atoms with Gasteiger partial charge in [0.1, 0.15) is 5.49 Å². The summed E-state index contributed by atoms with van der Waals surface area (Å²) in [4.78, 5) is 17.7.